The first-order valence-corrected chi connectivity index (χ1v) is 5.28. The molecule has 2 nitrogen and oxygen atoms in total. The van der Waals surface area contributed by atoms with Crippen molar-refractivity contribution in [1.29, 1.82) is 0 Å². The predicted molar refractivity (Wildman–Crippen MR) is 54.6 cm³/mol. The van der Waals surface area contributed by atoms with Crippen LogP contribution < -0.4 is 0 Å². The molecule has 0 saturated heterocycles. The van der Waals surface area contributed by atoms with Crippen LogP contribution in [0.2, 0.25) is 0 Å². The number of hydrogen-bond donors (Lipinski definition) is 1. The minimum Gasteiger partial charge on any atom is -0.385 e. The van der Waals surface area contributed by atoms with Crippen LogP contribution in [-0.2, 0) is 4.79 Å². The summed E-state index contributed by atoms with van der Waals surface area (Å²) in [5, 5.41) is 9.40. The third-order valence-electron chi connectivity index (χ3n) is 2.47. The number of aliphatic hydroxyl groups excluding tert-OH is 1. The molecule has 0 aliphatic carbocycles. The predicted octanol–water partition coefficient (Wildman–Crippen LogP) is 2.54. The van der Waals surface area contributed by atoms with Crippen LogP contribution in [0.15, 0.2) is 0 Å². The van der Waals surface area contributed by atoms with Crippen LogP contribution in [-0.4, -0.2) is 17.0 Å². The molecule has 0 aliphatic heterocycles. The van der Waals surface area contributed by atoms with E-state index in [1.165, 1.54) is 26.2 Å². The number of Topliss-reactive ketones (excluding diaryl/α,β-unsaturated/α-hetero) is 1. The van der Waals surface area contributed by atoms with Gasteiger partial charge in [0.05, 0.1) is 0 Å². The van der Waals surface area contributed by atoms with Crippen LogP contribution >= 0.6 is 0 Å². The first-order valence-electron chi connectivity index (χ1n) is 5.28. The molecular formula is C11H22O2. The largest absolute Gasteiger partial charge is 0.385 e. The van der Waals surface area contributed by atoms with E-state index in [1.54, 1.807) is 0 Å². The Hall–Kier alpha value is -0.370. The molecule has 1 N–H and O–H groups in total. The van der Waals surface area contributed by atoms with Crippen LogP contribution in [0.5, 0.6) is 0 Å². The van der Waals surface area contributed by atoms with Crippen molar-refractivity contribution < 1.29 is 9.90 Å². The number of aliphatic hydroxyl groups is 1. The van der Waals surface area contributed by atoms with Crippen molar-refractivity contribution in [3.63, 3.8) is 0 Å². The second kappa shape index (κ2) is 7.07. The highest BCUT2D eigenvalue weighted by atomic mass is 16.3. The summed E-state index contributed by atoms with van der Waals surface area (Å²) in [6.45, 7) is 5.57. The summed E-state index contributed by atoms with van der Waals surface area (Å²) in [7, 11) is 0. The quantitative estimate of drug-likeness (QED) is 0.620. The molecule has 0 radical (unpaired) electrons. The van der Waals surface area contributed by atoms with Gasteiger partial charge in [-0.1, -0.05) is 39.5 Å². The van der Waals surface area contributed by atoms with Crippen LogP contribution in [0.4, 0.5) is 0 Å². The van der Waals surface area contributed by atoms with Gasteiger partial charge in [-0.3, -0.25) is 4.79 Å². The molecule has 2 heteroatoms. The van der Waals surface area contributed by atoms with Gasteiger partial charge in [0.1, 0.15) is 6.10 Å². The van der Waals surface area contributed by atoms with E-state index in [-0.39, 0.29) is 11.7 Å². The summed E-state index contributed by atoms with van der Waals surface area (Å²) in [5.74, 6) is 0.0114. The smallest absolute Gasteiger partial charge is 0.158 e. The molecule has 0 bridgehead atoms. The van der Waals surface area contributed by atoms with Gasteiger partial charge < -0.3 is 5.11 Å². The number of carbonyl (C=O) groups excluding carboxylic acids is 1. The van der Waals surface area contributed by atoms with E-state index in [0.29, 0.717) is 0 Å². The highest BCUT2D eigenvalue weighted by molar-refractivity contribution is 5.80. The fraction of sp³-hybridized carbons (Fsp3) is 0.909. The fourth-order valence-corrected chi connectivity index (χ4v) is 1.45. The second-order valence-electron chi connectivity index (χ2n) is 3.88. The van der Waals surface area contributed by atoms with Gasteiger partial charge in [-0.25, -0.2) is 0 Å². The van der Waals surface area contributed by atoms with Gasteiger partial charge >= 0.3 is 0 Å². The van der Waals surface area contributed by atoms with Gasteiger partial charge in [0.15, 0.2) is 5.78 Å². The van der Waals surface area contributed by atoms with Crippen LogP contribution in [0, 0.1) is 5.92 Å². The Balaban J connectivity index is 3.50. The minimum absolute atomic E-state index is 0.108. The van der Waals surface area contributed by atoms with Gasteiger partial charge in [0.2, 0.25) is 0 Å². The number of rotatable bonds is 7. The van der Waals surface area contributed by atoms with E-state index >= 15 is 0 Å². The molecule has 0 aromatic carbocycles. The number of unbranched alkanes of at least 4 members (excludes halogenated alkanes) is 3. The Morgan fingerprint density at radius 3 is 2.38 bits per heavy atom. The van der Waals surface area contributed by atoms with Crippen molar-refractivity contribution >= 4 is 5.78 Å². The van der Waals surface area contributed by atoms with Crippen molar-refractivity contribution in [3.8, 4) is 0 Å². The molecule has 0 saturated carbocycles. The zero-order valence-corrected chi connectivity index (χ0v) is 9.05. The highest BCUT2D eigenvalue weighted by Crippen LogP contribution is 2.14. The third-order valence-corrected chi connectivity index (χ3v) is 2.47. The molecule has 2 unspecified atom stereocenters. The van der Waals surface area contributed by atoms with Crippen molar-refractivity contribution in [1.82, 2.24) is 0 Å². The lowest BCUT2D eigenvalue weighted by Gasteiger charge is -2.15. The molecule has 78 valence electrons. The monoisotopic (exact) mass is 186 g/mol. The number of ketones is 1. The summed E-state index contributed by atoms with van der Waals surface area (Å²) >= 11 is 0. The Labute approximate surface area is 81.3 Å². The Bertz CT molecular complexity index is 143. The average Bonchev–Trinajstić information content (AvgIpc) is 2.10. The zero-order chi connectivity index (χ0) is 10.3. The first kappa shape index (κ1) is 12.6. The molecule has 0 aliphatic rings. The Morgan fingerprint density at radius 2 is 1.92 bits per heavy atom. The summed E-state index contributed by atoms with van der Waals surface area (Å²) in [6.07, 6.45) is 5.03. The van der Waals surface area contributed by atoms with E-state index in [2.05, 4.69) is 6.92 Å². The maximum Gasteiger partial charge on any atom is 0.158 e. The molecule has 2 atom stereocenters. The molecule has 0 fully saturated rings. The van der Waals surface area contributed by atoms with Crippen LogP contribution in [0.1, 0.15) is 52.9 Å². The summed E-state index contributed by atoms with van der Waals surface area (Å²) in [6, 6.07) is 0. The van der Waals surface area contributed by atoms with Crippen LogP contribution in [0.25, 0.3) is 0 Å². The summed E-state index contributed by atoms with van der Waals surface area (Å²) in [5.41, 5.74) is 0. The van der Waals surface area contributed by atoms with Gasteiger partial charge in [-0.05, 0) is 19.3 Å². The zero-order valence-electron chi connectivity index (χ0n) is 9.05. The van der Waals surface area contributed by atoms with Crippen LogP contribution in [0.3, 0.4) is 0 Å². The van der Waals surface area contributed by atoms with Gasteiger partial charge in [0.25, 0.3) is 0 Å². The molecule has 0 spiro atoms. The molecule has 0 aromatic heterocycles. The molecule has 13 heavy (non-hydrogen) atoms. The number of hydrogen-bond acceptors (Lipinski definition) is 2. The normalized spacial score (nSPS) is 15.4. The Morgan fingerprint density at radius 1 is 1.31 bits per heavy atom. The van der Waals surface area contributed by atoms with Crippen molar-refractivity contribution in [3.05, 3.63) is 0 Å². The SMILES string of the molecule is CCCCCCC(C)C(O)C(C)=O. The standard InChI is InChI=1S/C11H22O2/c1-4-5-6-7-8-9(2)11(13)10(3)12/h9,11,13H,4-8H2,1-3H3. The first-order chi connectivity index (χ1) is 6.09. The summed E-state index contributed by atoms with van der Waals surface area (Å²) in [4.78, 5) is 10.8. The lowest BCUT2D eigenvalue weighted by atomic mass is 9.95. The average molecular weight is 186 g/mol. The van der Waals surface area contributed by atoms with E-state index in [0.717, 1.165) is 12.8 Å². The summed E-state index contributed by atoms with van der Waals surface area (Å²) < 4.78 is 0. The van der Waals surface area contributed by atoms with Gasteiger partial charge in [0, 0.05) is 0 Å². The maximum atomic E-state index is 10.8. The molecule has 0 heterocycles. The maximum absolute atomic E-state index is 10.8. The number of carbonyl (C=O) groups is 1. The third kappa shape index (κ3) is 5.81. The van der Waals surface area contributed by atoms with E-state index in [9.17, 15) is 9.90 Å². The van der Waals surface area contributed by atoms with Gasteiger partial charge in [-0.15, -0.1) is 0 Å². The minimum atomic E-state index is -0.748. The van der Waals surface area contributed by atoms with E-state index < -0.39 is 6.10 Å². The van der Waals surface area contributed by atoms with E-state index in [1.807, 2.05) is 6.92 Å². The molecule has 0 rings (SSSR count). The molecular weight excluding hydrogens is 164 g/mol. The van der Waals surface area contributed by atoms with Crippen molar-refractivity contribution in [2.24, 2.45) is 5.92 Å². The lowest BCUT2D eigenvalue weighted by molar-refractivity contribution is -0.127. The molecule has 0 aromatic rings. The van der Waals surface area contributed by atoms with Crippen molar-refractivity contribution in [2.45, 2.75) is 59.0 Å². The topological polar surface area (TPSA) is 37.3 Å². The fourth-order valence-electron chi connectivity index (χ4n) is 1.45. The van der Waals surface area contributed by atoms with Gasteiger partial charge in [-0.2, -0.15) is 0 Å². The highest BCUT2D eigenvalue weighted by Gasteiger charge is 2.17. The lowest BCUT2D eigenvalue weighted by Crippen LogP contribution is -2.25. The van der Waals surface area contributed by atoms with E-state index in [4.69, 9.17) is 0 Å². The Kier molecular flexibility index (Phi) is 6.87. The molecule has 0 amide bonds. The second-order valence-corrected chi connectivity index (χ2v) is 3.88. The van der Waals surface area contributed by atoms with Crippen molar-refractivity contribution in [2.75, 3.05) is 0 Å².